The molecule has 4 rings (SSSR count). The van der Waals surface area contributed by atoms with Crippen LogP contribution in [0.15, 0.2) is 53.0 Å². The predicted molar refractivity (Wildman–Crippen MR) is 137 cm³/mol. The number of ether oxygens (including phenoxy) is 3. The zero-order valence-electron chi connectivity index (χ0n) is 21.0. The Morgan fingerprint density at radius 3 is 2.54 bits per heavy atom. The van der Waals surface area contributed by atoms with Gasteiger partial charge in [0.1, 0.15) is 23.9 Å². The number of benzene rings is 1. The monoisotopic (exact) mass is 480 g/mol. The van der Waals surface area contributed by atoms with Crippen molar-refractivity contribution in [3.63, 3.8) is 0 Å². The Morgan fingerprint density at radius 1 is 1.09 bits per heavy atom. The lowest BCUT2D eigenvalue weighted by Crippen LogP contribution is -2.30. The van der Waals surface area contributed by atoms with Crippen molar-refractivity contribution < 1.29 is 19.0 Å². The van der Waals surface area contributed by atoms with E-state index >= 15 is 0 Å². The Morgan fingerprint density at radius 2 is 1.83 bits per heavy atom. The fraction of sp³-hybridized carbons (Fsp3) is 0.519. The van der Waals surface area contributed by atoms with Crippen LogP contribution in [0.1, 0.15) is 69.2 Å². The maximum Gasteiger partial charge on any atom is 0.232 e. The summed E-state index contributed by atoms with van der Waals surface area (Å²) in [6, 6.07) is 5.34. The van der Waals surface area contributed by atoms with Gasteiger partial charge in [-0.25, -0.2) is 5.01 Å². The summed E-state index contributed by atoms with van der Waals surface area (Å²) >= 11 is 0. The standard InChI is InChI=1S/C27H36N4O4/c1-5-22(6-2)35-27-13-12-26-28-30(19(3)31(26)29-27)17-25(32)21-14-23(33-4)16-24(15-21)34-18-20-10-8-7-9-11-20/h12-16,20,22H,3,5-11,17-18H2,1-2,4H3. The molecule has 1 aromatic carbocycles. The molecule has 1 fully saturated rings. The summed E-state index contributed by atoms with van der Waals surface area (Å²) in [6.07, 6.45) is 11.8. The summed E-state index contributed by atoms with van der Waals surface area (Å²) in [4.78, 5) is 13.2. The number of fused-ring (bicyclic) bond motifs is 1. The second-order valence-electron chi connectivity index (χ2n) is 9.21. The zero-order valence-corrected chi connectivity index (χ0v) is 21.0. The maximum atomic E-state index is 13.2. The summed E-state index contributed by atoms with van der Waals surface area (Å²) in [6.45, 7) is 8.95. The summed E-state index contributed by atoms with van der Waals surface area (Å²) in [5.74, 6) is 3.31. The Bertz CT molecular complexity index is 1020. The van der Waals surface area contributed by atoms with Gasteiger partial charge >= 0.3 is 0 Å². The van der Waals surface area contributed by atoms with E-state index in [1.807, 2.05) is 12.1 Å². The summed E-state index contributed by atoms with van der Waals surface area (Å²) in [5.41, 5.74) is 0.512. The number of nitrogens with zero attached hydrogens (tertiary/aromatic N) is 4. The number of amidine groups is 1. The van der Waals surface area contributed by atoms with E-state index < -0.39 is 0 Å². The van der Waals surface area contributed by atoms with Crippen LogP contribution in [0.4, 0.5) is 0 Å². The van der Waals surface area contributed by atoms with Gasteiger partial charge in [-0.1, -0.05) is 39.7 Å². The second-order valence-corrected chi connectivity index (χ2v) is 9.21. The van der Waals surface area contributed by atoms with Gasteiger partial charge in [-0.2, -0.15) is 10.1 Å². The smallest absolute Gasteiger partial charge is 0.232 e. The predicted octanol–water partition coefficient (Wildman–Crippen LogP) is 5.33. The van der Waals surface area contributed by atoms with Crippen molar-refractivity contribution in [1.29, 1.82) is 0 Å². The molecular weight excluding hydrogens is 444 g/mol. The van der Waals surface area contributed by atoms with E-state index in [0.717, 1.165) is 12.8 Å². The molecule has 0 aromatic heterocycles. The van der Waals surface area contributed by atoms with Crippen LogP contribution in [0.25, 0.3) is 0 Å². The lowest BCUT2D eigenvalue weighted by molar-refractivity contribution is 0.0946. The quantitative estimate of drug-likeness (QED) is 0.422. The van der Waals surface area contributed by atoms with Gasteiger partial charge in [-0.3, -0.25) is 4.79 Å². The largest absolute Gasteiger partial charge is 0.497 e. The molecule has 188 valence electrons. The molecule has 0 amide bonds. The molecule has 0 bridgehead atoms. The first-order valence-corrected chi connectivity index (χ1v) is 12.6. The van der Waals surface area contributed by atoms with Crippen LogP contribution in [-0.4, -0.2) is 53.9 Å². The first-order chi connectivity index (χ1) is 17.0. The molecule has 3 aliphatic rings. The average molecular weight is 481 g/mol. The van der Waals surface area contributed by atoms with E-state index in [0.29, 0.717) is 47.1 Å². The van der Waals surface area contributed by atoms with Gasteiger partial charge in [-0.05, 0) is 49.8 Å². The highest BCUT2D eigenvalue weighted by Crippen LogP contribution is 2.28. The Kier molecular flexibility index (Phi) is 8.10. The van der Waals surface area contributed by atoms with Crippen LogP contribution >= 0.6 is 0 Å². The molecule has 8 heteroatoms. The number of hydrogen-bond donors (Lipinski definition) is 0. The molecule has 8 nitrogen and oxygen atoms in total. The molecule has 1 saturated carbocycles. The van der Waals surface area contributed by atoms with Gasteiger partial charge in [-0.15, -0.1) is 5.10 Å². The van der Waals surface area contributed by atoms with Crippen molar-refractivity contribution >= 4 is 17.5 Å². The highest BCUT2D eigenvalue weighted by atomic mass is 16.5. The molecule has 0 saturated heterocycles. The minimum absolute atomic E-state index is 0.0279. The number of ketones is 1. The normalized spacial score (nSPS) is 17.9. The molecule has 0 unspecified atom stereocenters. The van der Waals surface area contributed by atoms with Gasteiger partial charge in [0.05, 0.1) is 19.8 Å². The number of rotatable bonds is 10. The van der Waals surface area contributed by atoms with Crippen molar-refractivity contribution in [2.75, 3.05) is 20.3 Å². The van der Waals surface area contributed by atoms with Crippen LogP contribution in [0.5, 0.6) is 11.5 Å². The summed E-state index contributed by atoms with van der Waals surface area (Å²) in [7, 11) is 1.59. The van der Waals surface area contributed by atoms with Gasteiger partial charge < -0.3 is 14.2 Å². The molecule has 2 aliphatic heterocycles. The maximum absolute atomic E-state index is 13.2. The Hall–Kier alpha value is -3.29. The zero-order chi connectivity index (χ0) is 24.8. The second kappa shape index (κ2) is 11.4. The molecule has 0 atom stereocenters. The highest BCUT2D eigenvalue weighted by molar-refractivity contribution is 6.05. The fourth-order valence-corrected chi connectivity index (χ4v) is 4.50. The van der Waals surface area contributed by atoms with Gasteiger partial charge in [0.25, 0.3) is 0 Å². The highest BCUT2D eigenvalue weighted by Gasteiger charge is 2.31. The fourth-order valence-electron chi connectivity index (χ4n) is 4.50. The molecular formula is C27H36N4O4. The minimum atomic E-state index is -0.113. The molecule has 0 spiro atoms. The SMILES string of the molecule is C=C1N(CC(=O)c2cc(OC)cc(OCC3CCCCC3)c2)N=C2C=CC(OC(CC)CC)=NN12. The van der Waals surface area contributed by atoms with E-state index in [1.165, 1.54) is 32.1 Å². The molecule has 2 heterocycles. The minimum Gasteiger partial charge on any atom is -0.497 e. The van der Waals surface area contributed by atoms with E-state index in [9.17, 15) is 4.79 Å². The average Bonchev–Trinajstić information content (AvgIpc) is 3.20. The van der Waals surface area contributed by atoms with Crippen LogP contribution < -0.4 is 9.47 Å². The Labute approximate surface area is 207 Å². The number of carbonyl (C=O) groups excluding carboxylic acids is 1. The topological polar surface area (TPSA) is 76.0 Å². The third-order valence-electron chi connectivity index (χ3n) is 6.70. The third-order valence-corrected chi connectivity index (χ3v) is 6.70. The van der Waals surface area contributed by atoms with E-state index in [4.69, 9.17) is 14.2 Å². The van der Waals surface area contributed by atoms with Gasteiger partial charge in [0, 0.05) is 17.7 Å². The number of hydrazone groups is 2. The molecule has 0 radical (unpaired) electrons. The summed E-state index contributed by atoms with van der Waals surface area (Å²) < 4.78 is 17.4. The molecule has 1 aromatic rings. The molecule has 35 heavy (non-hydrogen) atoms. The number of methoxy groups -OCH3 is 1. The van der Waals surface area contributed by atoms with Crippen molar-refractivity contribution in [3.05, 3.63) is 48.3 Å². The van der Waals surface area contributed by atoms with Crippen molar-refractivity contribution in [2.24, 2.45) is 16.1 Å². The first kappa shape index (κ1) is 24.8. The van der Waals surface area contributed by atoms with Crippen molar-refractivity contribution in [2.45, 2.75) is 64.9 Å². The van der Waals surface area contributed by atoms with Gasteiger partial charge in [0.15, 0.2) is 11.6 Å². The molecule has 1 aliphatic carbocycles. The van der Waals surface area contributed by atoms with Gasteiger partial charge in [0.2, 0.25) is 5.90 Å². The van der Waals surface area contributed by atoms with Crippen molar-refractivity contribution in [1.82, 2.24) is 10.0 Å². The van der Waals surface area contributed by atoms with Crippen LogP contribution in [0.2, 0.25) is 0 Å². The van der Waals surface area contributed by atoms with Crippen LogP contribution in [0, 0.1) is 5.92 Å². The first-order valence-electron chi connectivity index (χ1n) is 12.6. The summed E-state index contributed by atoms with van der Waals surface area (Å²) in [5, 5.41) is 12.2. The van der Waals surface area contributed by atoms with Crippen LogP contribution in [0.3, 0.4) is 0 Å². The Balaban J connectivity index is 1.41. The third kappa shape index (κ3) is 6.05. The molecule has 0 N–H and O–H groups in total. The number of carbonyl (C=O) groups is 1. The van der Waals surface area contributed by atoms with E-state index in [1.54, 1.807) is 35.3 Å². The van der Waals surface area contributed by atoms with E-state index in [-0.39, 0.29) is 18.4 Å². The lowest BCUT2D eigenvalue weighted by Gasteiger charge is -2.23. The van der Waals surface area contributed by atoms with Crippen molar-refractivity contribution in [3.8, 4) is 11.5 Å². The number of Topliss-reactive ketones (excluding diaryl/α,β-unsaturated/α-hetero) is 1. The van der Waals surface area contributed by atoms with Crippen LogP contribution in [-0.2, 0) is 4.74 Å². The van der Waals surface area contributed by atoms with E-state index in [2.05, 4.69) is 30.6 Å². The number of hydrogen-bond acceptors (Lipinski definition) is 8. The lowest BCUT2D eigenvalue weighted by atomic mass is 9.90.